The standard InChI is InChI=1S/C20H21F2NO3S/c1-3-8-26-23-17(4-2)20-18(24)10-13(11-19(20)25)7-9-27-14-5-6-15(21)16(22)12-14/h1,5-6,12-13,24H,4,7-11H2,2H3/b23-17+. The van der Waals surface area contributed by atoms with Crippen molar-refractivity contribution < 1.29 is 23.5 Å². The van der Waals surface area contributed by atoms with Gasteiger partial charge in [-0.1, -0.05) is 18.0 Å². The summed E-state index contributed by atoms with van der Waals surface area (Å²) in [6.07, 6.45) is 6.87. The third-order valence-electron chi connectivity index (χ3n) is 4.16. The fourth-order valence-electron chi connectivity index (χ4n) is 2.85. The lowest BCUT2D eigenvalue weighted by Gasteiger charge is -2.23. The monoisotopic (exact) mass is 393 g/mol. The van der Waals surface area contributed by atoms with Crippen LogP contribution in [-0.4, -0.2) is 29.0 Å². The molecule has 0 saturated carbocycles. The predicted molar refractivity (Wildman–Crippen MR) is 102 cm³/mol. The van der Waals surface area contributed by atoms with Crippen molar-refractivity contribution in [3.05, 3.63) is 41.2 Å². The van der Waals surface area contributed by atoms with E-state index in [9.17, 15) is 18.7 Å². The molecule has 144 valence electrons. The number of benzene rings is 1. The van der Waals surface area contributed by atoms with E-state index in [0.29, 0.717) is 42.0 Å². The molecule has 0 amide bonds. The van der Waals surface area contributed by atoms with Crippen LogP contribution in [0.3, 0.4) is 0 Å². The second kappa shape index (κ2) is 10.1. The molecule has 1 aliphatic carbocycles. The molecular formula is C20H21F2NO3S. The average molecular weight is 393 g/mol. The summed E-state index contributed by atoms with van der Waals surface area (Å²) in [5, 5.41) is 14.2. The van der Waals surface area contributed by atoms with Gasteiger partial charge in [-0.15, -0.1) is 18.2 Å². The van der Waals surface area contributed by atoms with Gasteiger partial charge in [-0.05, 0) is 42.7 Å². The molecule has 2 rings (SSSR count). The second-order valence-corrected chi connectivity index (χ2v) is 7.27. The topological polar surface area (TPSA) is 58.9 Å². The van der Waals surface area contributed by atoms with Gasteiger partial charge in [0.1, 0.15) is 5.76 Å². The minimum atomic E-state index is -0.878. The summed E-state index contributed by atoms with van der Waals surface area (Å²) in [7, 11) is 0. The van der Waals surface area contributed by atoms with Crippen LogP contribution in [0.15, 0.2) is 39.6 Å². The van der Waals surface area contributed by atoms with Crippen molar-refractivity contribution in [2.24, 2.45) is 11.1 Å². The number of aliphatic hydroxyl groups is 1. The number of terminal acetylenes is 1. The van der Waals surface area contributed by atoms with Gasteiger partial charge in [0, 0.05) is 17.7 Å². The number of carbonyl (C=O) groups excluding carboxylic acids is 1. The minimum absolute atomic E-state index is 0.00440. The van der Waals surface area contributed by atoms with Gasteiger partial charge in [-0.25, -0.2) is 8.78 Å². The SMILES string of the molecule is C#CCO/N=C(\CC)C1=C(O)CC(CCSc2ccc(F)c(F)c2)CC1=O. The van der Waals surface area contributed by atoms with Crippen molar-refractivity contribution in [2.75, 3.05) is 12.4 Å². The number of hydrogen-bond acceptors (Lipinski definition) is 5. The number of allylic oxidation sites excluding steroid dienone is 2. The Kier molecular flexibility index (Phi) is 7.86. The number of halogens is 2. The lowest BCUT2D eigenvalue weighted by molar-refractivity contribution is -0.116. The summed E-state index contributed by atoms with van der Waals surface area (Å²) < 4.78 is 26.2. The Morgan fingerprint density at radius 3 is 2.81 bits per heavy atom. The first-order chi connectivity index (χ1) is 13.0. The molecule has 1 atom stereocenters. The first kappa shape index (κ1) is 21.0. The third kappa shape index (κ3) is 5.83. The van der Waals surface area contributed by atoms with Crippen molar-refractivity contribution in [2.45, 2.75) is 37.5 Å². The van der Waals surface area contributed by atoms with Crippen molar-refractivity contribution in [1.29, 1.82) is 0 Å². The normalized spacial score (nSPS) is 17.8. The van der Waals surface area contributed by atoms with E-state index in [-0.39, 0.29) is 29.6 Å². The summed E-state index contributed by atoms with van der Waals surface area (Å²) in [6, 6.07) is 3.77. The van der Waals surface area contributed by atoms with Crippen LogP contribution < -0.4 is 0 Å². The van der Waals surface area contributed by atoms with E-state index >= 15 is 0 Å². The molecular weight excluding hydrogens is 372 g/mol. The molecule has 0 radical (unpaired) electrons. The van der Waals surface area contributed by atoms with E-state index < -0.39 is 11.6 Å². The minimum Gasteiger partial charge on any atom is -0.511 e. The smallest absolute Gasteiger partial charge is 0.177 e. The molecule has 0 saturated heterocycles. The number of oxime groups is 1. The summed E-state index contributed by atoms with van der Waals surface area (Å²) in [4.78, 5) is 18.0. The zero-order valence-corrected chi connectivity index (χ0v) is 15.8. The highest BCUT2D eigenvalue weighted by molar-refractivity contribution is 7.99. The predicted octanol–water partition coefficient (Wildman–Crippen LogP) is 4.65. The number of Topliss-reactive ketones (excluding diaryl/α,β-unsaturated/α-hetero) is 1. The molecule has 0 aliphatic heterocycles. The molecule has 27 heavy (non-hydrogen) atoms. The zero-order chi connectivity index (χ0) is 19.8. The van der Waals surface area contributed by atoms with Crippen molar-refractivity contribution in [3.63, 3.8) is 0 Å². The van der Waals surface area contributed by atoms with Crippen LogP contribution in [0.25, 0.3) is 0 Å². The van der Waals surface area contributed by atoms with Gasteiger partial charge in [0.05, 0.1) is 11.3 Å². The van der Waals surface area contributed by atoms with Gasteiger partial charge in [0.2, 0.25) is 0 Å². The maximum absolute atomic E-state index is 13.2. The molecule has 1 N–H and O–H groups in total. The molecule has 1 aliphatic rings. The number of ketones is 1. The highest BCUT2D eigenvalue weighted by Gasteiger charge is 2.30. The number of rotatable bonds is 8. The number of nitrogens with zero attached hydrogens (tertiary/aromatic N) is 1. The Labute approximate surface area is 161 Å². The summed E-state index contributed by atoms with van der Waals surface area (Å²) >= 11 is 1.39. The van der Waals surface area contributed by atoms with Crippen LogP contribution in [0, 0.1) is 29.9 Å². The molecule has 0 aromatic heterocycles. The van der Waals surface area contributed by atoms with Crippen LogP contribution in [0.2, 0.25) is 0 Å². The van der Waals surface area contributed by atoms with Crippen LogP contribution in [0.1, 0.15) is 32.6 Å². The Morgan fingerprint density at radius 2 is 2.19 bits per heavy atom. The second-order valence-electron chi connectivity index (χ2n) is 6.10. The Balaban J connectivity index is 1.96. The van der Waals surface area contributed by atoms with E-state index in [1.807, 2.05) is 6.92 Å². The quantitative estimate of drug-likeness (QED) is 0.230. The number of carbonyl (C=O) groups is 1. The highest BCUT2D eigenvalue weighted by Crippen LogP contribution is 2.31. The van der Waals surface area contributed by atoms with Gasteiger partial charge >= 0.3 is 0 Å². The average Bonchev–Trinajstić information content (AvgIpc) is 2.63. The third-order valence-corrected chi connectivity index (χ3v) is 5.18. The molecule has 4 nitrogen and oxygen atoms in total. The van der Waals surface area contributed by atoms with Crippen molar-refractivity contribution in [1.82, 2.24) is 0 Å². The Bertz CT molecular complexity index is 799. The molecule has 0 spiro atoms. The molecule has 1 unspecified atom stereocenters. The maximum atomic E-state index is 13.2. The van der Waals surface area contributed by atoms with Gasteiger partial charge in [-0.2, -0.15) is 0 Å². The number of hydrogen-bond donors (Lipinski definition) is 1. The van der Waals surface area contributed by atoms with E-state index in [0.717, 1.165) is 12.1 Å². The Morgan fingerprint density at radius 1 is 1.41 bits per heavy atom. The molecule has 0 bridgehead atoms. The fourth-order valence-corrected chi connectivity index (χ4v) is 3.89. The van der Waals surface area contributed by atoms with E-state index in [1.165, 1.54) is 17.8 Å². The van der Waals surface area contributed by atoms with Crippen LogP contribution in [0.4, 0.5) is 8.78 Å². The highest BCUT2D eigenvalue weighted by atomic mass is 32.2. The number of aliphatic hydroxyl groups excluding tert-OH is 1. The summed E-state index contributed by atoms with van der Waals surface area (Å²) in [5.74, 6) is 0.988. The molecule has 1 aromatic rings. The summed E-state index contributed by atoms with van der Waals surface area (Å²) in [6.45, 7) is 1.81. The molecule has 0 heterocycles. The van der Waals surface area contributed by atoms with Gasteiger partial charge < -0.3 is 9.94 Å². The lowest BCUT2D eigenvalue weighted by Crippen LogP contribution is -2.25. The molecule has 7 heteroatoms. The summed E-state index contributed by atoms with van der Waals surface area (Å²) in [5.41, 5.74) is 0.612. The van der Waals surface area contributed by atoms with Crippen molar-refractivity contribution in [3.8, 4) is 12.3 Å². The van der Waals surface area contributed by atoms with Gasteiger partial charge in [0.25, 0.3) is 0 Å². The first-order valence-corrected chi connectivity index (χ1v) is 9.60. The molecule has 0 fully saturated rings. The van der Waals surface area contributed by atoms with Gasteiger partial charge in [-0.3, -0.25) is 4.79 Å². The molecule has 1 aromatic carbocycles. The maximum Gasteiger partial charge on any atom is 0.177 e. The van der Waals surface area contributed by atoms with Crippen LogP contribution in [0.5, 0.6) is 0 Å². The fraction of sp³-hybridized carbons (Fsp3) is 0.400. The van der Waals surface area contributed by atoms with Crippen LogP contribution >= 0.6 is 11.8 Å². The largest absolute Gasteiger partial charge is 0.511 e. The first-order valence-electron chi connectivity index (χ1n) is 8.62. The lowest BCUT2D eigenvalue weighted by atomic mass is 9.83. The number of thioether (sulfide) groups is 1. The van der Waals surface area contributed by atoms with E-state index in [4.69, 9.17) is 11.3 Å². The van der Waals surface area contributed by atoms with Crippen molar-refractivity contribution >= 4 is 23.3 Å². The van der Waals surface area contributed by atoms with E-state index in [2.05, 4.69) is 11.1 Å². The van der Waals surface area contributed by atoms with Crippen LogP contribution in [-0.2, 0) is 9.63 Å². The van der Waals surface area contributed by atoms with E-state index in [1.54, 1.807) is 0 Å². The zero-order valence-electron chi connectivity index (χ0n) is 15.0. The van der Waals surface area contributed by atoms with Gasteiger partial charge in [0.15, 0.2) is 24.0 Å². The Hall–Kier alpha value is -2.33.